The van der Waals surface area contributed by atoms with Crippen LogP contribution in [0.2, 0.25) is 0 Å². The summed E-state index contributed by atoms with van der Waals surface area (Å²) >= 11 is 0. The van der Waals surface area contributed by atoms with E-state index in [1.54, 1.807) is 6.07 Å². The minimum absolute atomic E-state index is 0.126. The summed E-state index contributed by atoms with van der Waals surface area (Å²) in [5.74, 6) is 1.68. The summed E-state index contributed by atoms with van der Waals surface area (Å²) in [5.41, 5.74) is 0.298. The second kappa shape index (κ2) is 5.54. The molecule has 0 spiro atoms. The normalized spacial score (nSPS) is 26.5. The molecule has 1 saturated heterocycles. The van der Waals surface area contributed by atoms with E-state index in [1.165, 1.54) is 12.1 Å². The molecule has 2 N–H and O–H groups in total. The lowest BCUT2D eigenvalue weighted by molar-refractivity contribution is -0.125. The van der Waals surface area contributed by atoms with Crippen molar-refractivity contribution < 1.29 is 13.9 Å². The van der Waals surface area contributed by atoms with Gasteiger partial charge >= 0.3 is 0 Å². The summed E-state index contributed by atoms with van der Waals surface area (Å²) in [6.45, 7) is 7.96. The Balaban J connectivity index is 1.53. The van der Waals surface area contributed by atoms with Gasteiger partial charge in [-0.2, -0.15) is 0 Å². The van der Waals surface area contributed by atoms with Gasteiger partial charge in [0, 0.05) is 5.92 Å². The fourth-order valence-corrected chi connectivity index (χ4v) is 3.29. The van der Waals surface area contributed by atoms with Crippen molar-refractivity contribution in [3.63, 3.8) is 0 Å². The molecular formula is C17H23FN2O2. The number of amides is 1. The molecule has 0 radical (unpaired) electrons. The van der Waals surface area contributed by atoms with Crippen LogP contribution < -0.4 is 15.4 Å². The molecule has 2 fully saturated rings. The molecule has 4 nitrogen and oxygen atoms in total. The van der Waals surface area contributed by atoms with Crippen molar-refractivity contribution in [1.82, 2.24) is 10.6 Å². The predicted octanol–water partition coefficient (Wildman–Crippen LogP) is 1.87. The highest BCUT2D eigenvalue weighted by Gasteiger charge is 2.57. The Kier molecular flexibility index (Phi) is 3.85. The minimum atomic E-state index is -0.456. The third-order valence-corrected chi connectivity index (χ3v) is 4.58. The number of carbonyl (C=O) groups is 1. The third kappa shape index (κ3) is 3.09. The number of hydrogen-bond donors (Lipinski definition) is 2. The van der Waals surface area contributed by atoms with E-state index < -0.39 is 5.54 Å². The van der Waals surface area contributed by atoms with Crippen LogP contribution in [-0.4, -0.2) is 31.1 Å². The average molecular weight is 306 g/mol. The zero-order valence-electron chi connectivity index (χ0n) is 13.3. The van der Waals surface area contributed by atoms with E-state index in [4.69, 9.17) is 4.74 Å². The van der Waals surface area contributed by atoms with Crippen LogP contribution in [0.4, 0.5) is 4.39 Å². The van der Waals surface area contributed by atoms with Crippen LogP contribution in [-0.2, 0) is 4.79 Å². The van der Waals surface area contributed by atoms with Gasteiger partial charge in [0.2, 0.25) is 5.91 Å². The van der Waals surface area contributed by atoms with Crippen LogP contribution in [0.3, 0.4) is 0 Å². The van der Waals surface area contributed by atoms with E-state index in [0.29, 0.717) is 24.2 Å². The standard InChI is InChI=1S/C17H23FN2O2/c1-10-6-11(18)4-5-14(10)22-9-17(2,3)20-16(21)15-12-7-19-8-13(12)15/h4-6,12-13,15,19H,7-9H2,1-3H3,(H,20,21). The molecule has 2 atom stereocenters. The summed E-state index contributed by atoms with van der Waals surface area (Å²) in [5, 5.41) is 6.37. The Morgan fingerprint density at radius 2 is 2.09 bits per heavy atom. The van der Waals surface area contributed by atoms with Crippen LogP contribution in [0.15, 0.2) is 18.2 Å². The van der Waals surface area contributed by atoms with Crippen molar-refractivity contribution in [2.24, 2.45) is 17.8 Å². The van der Waals surface area contributed by atoms with Crippen molar-refractivity contribution >= 4 is 5.91 Å². The molecule has 1 aromatic rings. The van der Waals surface area contributed by atoms with Crippen LogP contribution in [0.5, 0.6) is 5.75 Å². The summed E-state index contributed by atoms with van der Waals surface area (Å²) < 4.78 is 18.8. The predicted molar refractivity (Wildman–Crippen MR) is 82.2 cm³/mol. The number of benzene rings is 1. The number of piperidine rings is 1. The molecule has 0 bridgehead atoms. The fraction of sp³-hybridized carbons (Fsp3) is 0.588. The zero-order chi connectivity index (χ0) is 15.9. The Bertz CT molecular complexity index is 578. The molecule has 1 amide bonds. The third-order valence-electron chi connectivity index (χ3n) is 4.58. The molecule has 2 unspecified atom stereocenters. The highest BCUT2D eigenvalue weighted by molar-refractivity contribution is 5.83. The van der Waals surface area contributed by atoms with Gasteiger partial charge < -0.3 is 15.4 Å². The first kappa shape index (κ1) is 15.3. The van der Waals surface area contributed by atoms with Gasteiger partial charge in [-0.25, -0.2) is 4.39 Å². The summed E-state index contributed by atoms with van der Waals surface area (Å²) in [7, 11) is 0. The Morgan fingerprint density at radius 3 is 2.73 bits per heavy atom. The summed E-state index contributed by atoms with van der Waals surface area (Å²) in [6, 6.07) is 4.45. The second-order valence-electron chi connectivity index (χ2n) is 7.08. The molecule has 120 valence electrons. The van der Waals surface area contributed by atoms with Gasteiger partial charge in [-0.15, -0.1) is 0 Å². The quantitative estimate of drug-likeness (QED) is 0.873. The lowest BCUT2D eigenvalue weighted by Gasteiger charge is -2.27. The van der Waals surface area contributed by atoms with Crippen molar-refractivity contribution in [2.45, 2.75) is 26.3 Å². The molecule has 1 aliphatic heterocycles. The van der Waals surface area contributed by atoms with Gasteiger partial charge in [0.05, 0.1) is 5.54 Å². The largest absolute Gasteiger partial charge is 0.491 e. The van der Waals surface area contributed by atoms with E-state index in [1.807, 2.05) is 20.8 Å². The highest BCUT2D eigenvalue weighted by atomic mass is 19.1. The first-order chi connectivity index (χ1) is 10.4. The molecule has 22 heavy (non-hydrogen) atoms. The Labute approximate surface area is 130 Å². The fourth-order valence-electron chi connectivity index (χ4n) is 3.29. The van der Waals surface area contributed by atoms with Crippen LogP contribution in [0, 0.1) is 30.5 Å². The highest BCUT2D eigenvalue weighted by Crippen LogP contribution is 2.48. The number of nitrogens with one attached hydrogen (secondary N) is 2. The SMILES string of the molecule is Cc1cc(F)ccc1OCC(C)(C)NC(=O)C1C2CNCC21. The topological polar surface area (TPSA) is 50.4 Å². The maximum Gasteiger partial charge on any atom is 0.224 e. The van der Waals surface area contributed by atoms with E-state index >= 15 is 0 Å². The molecular weight excluding hydrogens is 283 g/mol. The lowest BCUT2D eigenvalue weighted by atomic mass is 10.1. The van der Waals surface area contributed by atoms with Gasteiger partial charge in [0.15, 0.2) is 0 Å². The molecule has 1 heterocycles. The van der Waals surface area contributed by atoms with E-state index in [0.717, 1.165) is 18.7 Å². The smallest absolute Gasteiger partial charge is 0.224 e. The summed E-state index contributed by atoms with van der Waals surface area (Å²) in [4.78, 5) is 12.3. The summed E-state index contributed by atoms with van der Waals surface area (Å²) in [6.07, 6.45) is 0. The number of rotatable bonds is 5. The Morgan fingerprint density at radius 1 is 1.41 bits per heavy atom. The molecule has 0 aromatic heterocycles. The molecule has 2 aliphatic rings. The van der Waals surface area contributed by atoms with Gasteiger partial charge in [-0.1, -0.05) is 0 Å². The van der Waals surface area contributed by atoms with Crippen LogP contribution >= 0.6 is 0 Å². The average Bonchev–Trinajstić information content (AvgIpc) is 2.91. The maximum absolute atomic E-state index is 13.1. The number of hydrogen-bond acceptors (Lipinski definition) is 3. The van der Waals surface area contributed by atoms with Crippen LogP contribution in [0.1, 0.15) is 19.4 Å². The van der Waals surface area contributed by atoms with Crippen molar-refractivity contribution in [3.8, 4) is 5.75 Å². The number of aryl methyl sites for hydroxylation is 1. The molecule has 1 aliphatic carbocycles. The number of halogens is 1. The van der Waals surface area contributed by atoms with Crippen LogP contribution in [0.25, 0.3) is 0 Å². The number of carbonyl (C=O) groups excluding carboxylic acids is 1. The molecule has 3 rings (SSSR count). The number of ether oxygens (including phenoxy) is 1. The van der Waals surface area contributed by atoms with Gasteiger partial charge in [-0.05, 0) is 69.5 Å². The molecule has 1 aromatic carbocycles. The molecule has 1 saturated carbocycles. The van der Waals surface area contributed by atoms with Crippen molar-refractivity contribution in [2.75, 3.05) is 19.7 Å². The van der Waals surface area contributed by atoms with E-state index in [-0.39, 0.29) is 17.6 Å². The van der Waals surface area contributed by atoms with Gasteiger partial charge in [0.1, 0.15) is 18.2 Å². The van der Waals surface area contributed by atoms with Gasteiger partial charge in [0.25, 0.3) is 0 Å². The Hall–Kier alpha value is -1.62. The van der Waals surface area contributed by atoms with Crippen molar-refractivity contribution in [1.29, 1.82) is 0 Å². The monoisotopic (exact) mass is 306 g/mol. The second-order valence-corrected chi connectivity index (χ2v) is 7.08. The first-order valence-corrected chi connectivity index (χ1v) is 7.79. The number of fused-ring (bicyclic) bond motifs is 1. The van der Waals surface area contributed by atoms with Gasteiger partial charge in [-0.3, -0.25) is 4.79 Å². The minimum Gasteiger partial charge on any atom is -0.491 e. The lowest BCUT2D eigenvalue weighted by Crippen LogP contribution is -2.49. The first-order valence-electron chi connectivity index (χ1n) is 7.79. The van der Waals surface area contributed by atoms with E-state index in [9.17, 15) is 9.18 Å². The zero-order valence-corrected chi connectivity index (χ0v) is 13.3. The maximum atomic E-state index is 13.1. The molecule has 5 heteroatoms. The van der Waals surface area contributed by atoms with Crippen molar-refractivity contribution in [3.05, 3.63) is 29.6 Å². The van der Waals surface area contributed by atoms with E-state index in [2.05, 4.69) is 10.6 Å².